The molecular formula is C18H16ClF5N2O3S. The molecule has 1 N–H and O–H groups in total. The topological polar surface area (TPSA) is 58.6 Å². The standard InChI is InChI=1S/C18H16ClF5N2O3S/c1-26-5-4-11(9-26)29-16-6-10(2-3-12(16)18(22,23)24)25-30(27,28)17-8-14(20)13(19)7-15(17)21/h2-3,6-8,11,25H,4-5,9H2,1H3. The largest absolute Gasteiger partial charge is 0.488 e. The number of hydrogen-bond acceptors (Lipinski definition) is 4. The number of sulfonamides is 1. The van der Waals surface area contributed by atoms with Gasteiger partial charge in [-0.15, -0.1) is 0 Å². The summed E-state index contributed by atoms with van der Waals surface area (Å²) in [5.41, 5.74) is -1.39. The molecule has 1 fully saturated rings. The average molecular weight is 471 g/mol. The van der Waals surface area contributed by atoms with Gasteiger partial charge in [0.2, 0.25) is 0 Å². The summed E-state index contributed by atoms with van der Waals surface area (Å²) >= 11 is 5.41. The van der Waals surface area contributed by atoms with Crippen LogP contribution in [0.4, 0.5) is 27.6 Å². The van der Waals surface area contributed by atoms with Crippen LogP contribution in [0, 0.1) is 11.6 Å². The van der Waals surface area contributed by atoms with E-state index in [0.29, 0.717) is 37.7 Å². The Labute approximate surface area is 174 Å². The molecule has 2 aromatic rings. The van der Waals surface area contributed by atoms with Crippen molar-refractivity contribution >= 4 is 27.3 Å². The third-order valence-corrected chi connectivity index (χ3v) is 6.13. The fourth-order valence-electron chi connectivity index (χ4n) is 3.01. The van der Waals surface area contributed by atoms with E-state index in [1.165, 1.54) is 0 Å². The second-order valence-corrected chi connectivity index (χ2v) is 8.86. The van der Waals surface area contributed by atoms with Crippen molar-refractivity contribution in [3.8, 4) is 5.75 Å². The minimum absolute atomic E-state index is 0.306. The molecule has 3 rings (SSSR count). The fourth-order valence-corrected chi connectivity index (χ4v) is 4.28. The van der Waals surface area contributed by atoms with Gasteiger partial charge in [0.25, 0.3) is 10.0 Å². The Kier molecular flexibility index (Phi) is 6.17. The van der Waals surface area contributed by atoms with Gasteiger partial charge in [-0.2, -0.15) is 13.2 Å². The van der Waals surface area contributed by atoms with Crippen LogP contribution in [0.2, 0.25) is 5.02 Å². The molecule has 1 aliphatic rings. The molecule has 0 bridgehead atoms. The maximum atomic E-state index is 14.0. The summed E-state index contributed by atoms with van der Waals surface area (Å²) in [6.45, 7) is 1.04. The molecule has 164 valence electrons. The van der Waals surface area contributed by atoms with E-state index in [2.05, 4.69) is 0 Å². The highest BCUT2D eigenvalue weighted by molar-refractivity contribution is 7.92. The van der Waals surface area contributed by atoms with Crippen molar-refractivity contribution in [1.82, 2.24) is 4.90 Å². The number of hydrogen-bond donors (Lipinski definition) is 1. The predicted octanol–water partition coefficient (Wildman–Crippen LogP) is 4.52. The minimum atomic E-state index is -4.73. The van der Waals surface area contributed by atoms with Crippen LogP contribution >= 0.6 is 11.6 Å². The van der Waals surface area contributed by atoms with E-state index in [0.717, 1.165) is 12.1 Å². The lowest BCUT2D eigenvalue weighted by molar-refractivity contribution is -0.139. The first kappa shape index (κ1) is 22.6. The molecule has 30 heavy (non-hydrogen) atoms. The van der Waals surface area contributed by atoms with Gasteiger partial charge in [-0.25, -0.2) is 17.2 Å². The molecule has 0 amide bonds. The first-order valence-electron chi connectivity index (χ1n) is 8.60. The summed E-state index contributed by atoms with van der Waals surface area (Å²) in [5.74, 6) is -3.04. The fraction of sp³-hybridized carbons (Fsp3) is 0.333. The van der Waals surface area contributed by atoms with Crippen molar-refractivity contribution < 1.29 is 35.1 Å². The summed E-state index contributed by atoms with van der Waals surface area (Å²) < 4.78 is 99.9. The highest BCUT2D eigenvalue weighted by Gasteiger charge is 2.36. The zero-order valence-corrected chi connectivity index (χ0v) is 17.0. The number of nitrogens with one attached hydrogen (secondary N) is 1. The number of likely N-dealkylation sites (tertiary alicyclic amines) is 1. The zero-order valence-electron chi connectivity index (χ0n) is 15.4. The van der Waals surface area contributed by atoms with Crippen LogP contribution in [0.5, 0.6) is 5.75 Å². The zero-order chi connectivity index (χ0) is 22.3. The maximum Gasteiger partial charge on any atom is 0.419 e. The average Bonchev–Trinajstić information content (AvgIpc) is 3.01. The lowest BCUT2D eigenvalue weighted by Gasteiger charge is -2.19. The van der Waals surface area contributed by atoms with E-state index >= 15 is 0 Å². The van der Waals surface area contributed by atoms with Crippen LogP contribution < -0.4 is 9.46 Å². The van der Waals surface area contributed by atoms with Crippen molar-refractivity contribution in [2.45, 2.75) is 23.6 Å². The van der Waals surface area contributed by atoms with Gasteiger partial charge in [0.1, 0.15) is 28.4 Å². The third kappa shape index (κ3) is 4.96. The van der Waals surface area contributed by atoms with E-state index < -0.39 is 55.2 Å². The molecule has 5 nitrogen and oxygen atoms in total. The number of benzene rings is 2. The molecule has 1 aliphatic heterocycles. The van der Waals surface area contributed by atoms with E-state index in [1.807, 2.05) is 9.62 Å². The molecule has 2 aromatic carbocycles. The monoisotopic (exact) mass is 470 g/mol. The first-order valence-corrected chi connectivity index (χ1v) is 10.5. The lowest BCUT2D eigenvalue weighted by atomic mass is 10.1. The van der Waals surface area contributed by atoms with Gasteiger partial charge in [-0.3, -0.25) is 4.72 Å². The molecule has 0 radical (unpaired) electrons. The van der Waals surface area contributed by atoms with Crippen molar-refractivity contribution in [2.24, 2.45) is 0 Å². The number of nitrogens with zero attached hydrogens (tertiary/aromatic N) is 1. The van der Waals surface area contributed by atoms with Crippen molar-refractivity contribution in [2.75, 3.05) is 24.9 Å². The Morgan fingerprint density at radius 2 is 1.87 bits per heavy atom. The first-order chi connectivity index (χ1) is 13.9. The Morgan fingerprint density at radius 3 is 2.47 bits per heavy atom. The van der Waals surface area contributed by atoms with E-state index in [4.69, 9.17) is 16.3 Å². The highest BCUT2D eigenvalue weighted by atomic mass is 35.5. The molecule has 12 heteroatoms. The smallest absolute Gasteiger partial charge is 0.419 e. The second kappa shape index (κ2) is 8.20. The molecule has 1 unspecified atom stereocenters. The highest BCUT2D eigenvalue weighted by Crippen LogP contribution is 2.39. The molecule has 0 saturated carbocycles. The Hall–Kier alpha value is -2.11. The van der Waals surface area contributed by atoms with E-state index in [-0.39, 0.29) is 5.69 Å². The van der Waals surface area contributed by atoms with Crippen LogP contribution in [0.1, 0.15) is 12.0 Å². The molecular weight excluding hydrogens is 455 g/mol. The van der Waals surface area contributed by atoms with Crippen LogP contribution in [0.15, 0.2) is 35.2 Å². The van der Waals surface area contributed by atoms with E-state index in [9.17, 15) is 30.4 Å². The second-order valence-electron chi connectivity index (χ2n) is 6.80. The number of likely N-dealkylation sites (N-methyl/N-ethyl adjacent to an activating group) is 1. The molecule has 0 aromatic heterocycles. The third-order valence-electron chi connectivity index (χ3n) is 4.45. The molecule has 0 spiro atoms. The summed E-state index contributed by atoms with van der Waals surface area (Å²) in [5, 5.41) is -0.613. The number of halogens is 6. The van der Waals surface area contributed by atoms with Gasteiger partial charge in [0, 0.05) is 19.2 Å². The normalized spacial score (nSPS) is 17.9. The Bertz CT molecular complexity index is 1060. The SMILES string of the molecule is CN1CCC(Oc2cc(NS(=O)(=O)c3cc(F)c(Cl)cc3F)ccc2C(F)(F)F)C1. The molecule has 1 heterocycles. The van der Waals surface area contributed by atoms with Gasteiger partial charge in [-0.1, -0.05) is 11.6 Å². The van der Waals surface area contributed by atoms with Gasteiger partial charge >= 0.3 is 6.18 Å². The molecule has 0 aliphatic carbocycles. The van der Waals surface area contributed by atoms with Gasteiger partial charge in [0.15, 0.2) is 0 Å². The Balaban J connectivity index is 1.94. The Morgan fingerprint density at radius 1 is 1.17 bits per heavy atom. The minimum Gasteiger partial charge on any atom is -0.488 e. The maximum absolute atomic E-state index is 14.0. The summed E-state index contributed by atoms with van der Waals surface area (Å²) in [4.78, 5) is 0.840. The van der Waals surface area contributed by atoms with Crippen molar-refractivity contribution in [3.05, 3.63) is 52.6 Å². The van der Waals surface area contributed by atoms with E-state index in [1.54, 1.807) is 7.05 Å². The van der Waals surface area contributed by atoms with Gasteiger partial charge in [0.05, 0.1) is 16.3 Å². The number of alkyl halides is 3. The number of ether oxygens (including phenoxy) is 1. The van der Waals surface area contributed by atoms with Gasteiger partial charge < -0.3 is 9.64 Å². The summed E-state index contributed by atoms with van der Waals surface area (Å²) in [6.07, 6.45) is -4.74. The summed E-state index contributed by atoms with van der Waals surface area (Å²) in [7, 11) is -2.86. The van der Waals surface area contributed by atoms with Crippen molar-refractivity contribution in [3.63, 3.8) is 0 Å². The van der Waals surface area contributed by atoms with Gasteiger partial charge in [-0.05, 0) is 37.7 Å². The summed E-state index contributed by atoms with van der Waals surface area (Å²) in [6, 6.07) is 3.25. The predicted molar refractivity (Wildman–Crippen MR) is 100 cm³/mol. The number of rotatable bonds is 5. The van der Waals surface area contributed by atoms with Crippen LogP contribution in [-0.2, 0) is 16.2 Å². The quantitative estimate of drug-likeness (QED) is 0.515. The van der Waals surface area contributed by atoms with Crippen molar-refractivity contribution in [1.29, 1.82) is 0 Å². The lowest BCUT2D eigenvalue weighted by Crippen LogP contribution is -2.23. The number of anilines is 1. The van der Waals surface area contributed by atoms with Crippen LogP contribution in [-0.4, -0.2) is 39.6 Å². The van der Waals surface area contributed by atoms with Crippen LogP contribution in [0.3, 0.4) is 0 Å². The molecule has 1 atom stereocenters. The van der Waals surface area contributed by atoms with Crippen LogP contribution in [0.25, 0.3) is 0 Å². The molecule has 1 saturated heterocycles.